The maximum Gasteiger partial charge on any atom is 0.219 e. The summed E-state index contributed by atoms with van der Waals surface area (Å²) < 4.78 is 24.0. The highest BCUT2D eigenvalue weighted by molar-refractivity contribution is 5.79. The van der Waals surface area contributed by atoms with Gasteiger partial charge in [-0.2, -0.15) is 0 Å². The average molecular weight is 400 g/mol. The van der Waals surface area contributed by atoms with Gasteiger partial charge in [-0.1, -0.05) is 6.07 Å². The van der Waals surface area contributed by atoms with Crippen molar-refractivity contribution in [2.75, 3.05) is 33.9 Å². The van der Waals surface area contributed by atoms with E-state index in [-0.39, 0.29) is 5.82 Å². The number of halogens is 1. The fraction of sp³-hybridized carbons (Fsp3) is 0.455. The maximum atomic E-state index is 13.0. The van der Waals surface area contributed by atoms with Crippen LogP contribution in [0.3, 0.4) is 0 Å². The minimum absolute atomic E-state index is 0.294. The highest BCUT2D eigenvalue weighted by Crippen LogP contribution is 2.20. The first kappa shape index (κ1) is 21.0. The Bertz CT molecular complexity index is 774. The van der Waals surface area contributed by atoms with Gasteiger partial charge in [0.2, 0.25) is 5.88 Å². The maximum absolute atomic E-state index is 13.0. The van der Waals surface area contributed by atoms with Crippen molar-refractivity contribution < 1.29 is 13.9 Å². The van der Waals surface area contributed by atoms with Gasteiger partial charge in [-0.3, -0.25) is 4.99 Å². The third-order valence-electron chi connectivity index (χ3n) is 5.07. The van der Waals surface area contributed by atoms with Gasteiger partial charge in [-0.05, 0) is 55.0 Å². The molecule has 0 spiro atoms. The largest absolute Gasteiger partial charge is 0.439 e. The Labute approximate surface area is 171 Å². The van der Waals surface area contributed by atoms with Crippen LogP contribution in [0.5, 0.6) is 11.6 Å². The third kappa shape index (κ3) is 6.71. The highest BCUT2D eigenvalue weighted by atomic mass is 19.1. The number of benzene rings is 1. The Morgan fingerprint density at radius 2 is 2.00 bits per heavy atom. The summed E-state index contributed by atoms with van der Waals surface area (Å²) in [6.45, 7) is 3.36. The van der Waals surface area contributed by atoms with Gasteiger partial charge in [-0.25, -0.2) is 9.37 Å². The molecule has 2 heterocycles. The van der Waals surface area contributed by atoms with Crippen molar-refractivity contribution in [1.29, 1.82) is 0 Å². The minimum atomic E-state index is -0.294. The van der Waals surface area contributed by atoms with E-state index in [0.29, 0.717) is 18.2 Å². The van der Waals surface area contributed by atoms with Crippen LogP contribution in [0, 0.1) is 11.7 Å². The predicted octanol–water partition coefficient (Wildman–Crippen LogP) is 3.84. The van der Waals surface area contributed by atoms with Crippen molar-refractivity contribution in [2.24, 2.45) is 10.9 Å². The van der Waals surface area contributed by atoms with Crippen molar-refractivity contribution in [3.63, 3.8) is 0 Å². The smallest absolute Gasteiger partial charge is 0.219 e. The van der Waals surface area contributed by atoms with Crippen LogP contribution in [0.2, 0.25) is 0 Å². The molecule has 1 aliphatic heterocycles. The third-order valence-corrected chi connectivity index (χ3v) is 5.07. The zero-order valence-electron chi connectivity index (χ0n) is 17.1. The number of pyridine rings is 1. The van der Waals surface area contributed by atoms with Gasteiger partial charge in [0.1, 0.15) is 11.6 Å². The summed E-state index contributed by atoms with van der Waals surface area (Å²) in [6.07, 6.45) is 5.22. The number of rotatable bonds is 7. The molecule has 0 unspecified atom stereocenters. The van der Waals surface area contributed by atoms with Gasteiger partial charge < -0.3 is 19.7 Å². The number of nitrogens with one attached hydrogen (secondary N) is 1. The lowest BCUT2D eigenvalue weighted by Gasteiger charge is -2.26. The standard InChI is InChI=1S/C22H29FN4O2/c1-24-22(27(2)12-9-17-10-13-28-14-11-17)26-16-18-3-8-21(25-15-18)29-20-6-4-19(23)5-7-20/h3-8,15,17H,9-14,16H2,1-2H3,(H,24,26). The molecule has 1 aromatic heterocycles. The van der Waals surface area contributed by atoms with Crippen LogP contribution in [0.4, 0.5) is 4.39 Å². The molecule has 1 saturated heterocycles. The lowest BCUT2D eigenvalue weighted by atomic mass is 9.96. The highest BCUT2D eigenvalue weighted by Gasteiger charge is 2.15. The number of hydrogen-bond donors (Lipinski definition) is 1. The molecule has 1 N–H and O–H groups in total. The molecule has 29 heavy (non-hydrogen) atoms. The Balaban J connectivity index is 1.45. The number of nitrogens with zero attached hydrogens (tertiary/aromatic N) is 3. The molecule has 1 aromatic carbocycles. The molecule has 2 aromatic rings. The number of hydrogen-bond acceptors (Lipinski definition) is 4. The molecule has 0 atom stereocenters. The second kappa shape index (κ2) is 10.8. The fourth-order valence-corrected chi connectivity index (χ4v) is 3.28. The van der Waals surface area contributed by atoms with Gasteiger partial charge in [0.25, 0.3) is 0 Å². The quantitative estimate of drug-likeness (QED) is 0.565. The summed E-state index contributed by atoms with van der Waals surface area (Å²) >= 11 is 0. The first-order chi connectivity index (χ1) is 14.1. The van der Waals surface area contributed by atoms with E-state index in [1.54, 1.807) is 31.4 Å². The molecule has 0 amide bonds. The molecule has 0 bridgehead atoms. The minimum Gasteiger partial charge on any atom is -0.439 e. The van der Waals surface area contributed by atoms with Gasteiger partial charge in [0.05, 0.1) is 0 Å². The number of aromatic nitrogens is 1. The molecule has 1 aliphatic rings. The molecular weight excluding hydrogens is 371 g/mol. The summed E-state index contributed by atoms with van der Waals surface area (Å²) in [6, 6.07) is 9.63. The first-order valence-electron chi connectivity index (χ1n) is 10.0. The van der Waals surface area contributed by atoms with E-state index in [0.717, 1.165) is 56.5 Å². The van der Waals surface area contributed by atoms with Gasteiger partial charge in [0.15, 0.2) is 5.96 Å². The van der Waals surface area contributed by atoms with Crippen LogP contribution < -0.4 is 10.1 Å². The van der Waals surface area contributed by atoms with Crippen LogP contribution in [0.1, 0.15) is 24.8 Å². The second-order valence-electron chi connectivity index (χ2n) is 7.23. The molecule has 1 fully saturated rings. The van der Waals surface area contributed by atoms with Crippen molar-refractivity contribution in [3.05, 3.63) is 54.0 Å². The van der Waals surface area contributed by atoms with Crippen LogP contribution in [0.25, 0.3) is 0 Å². The van der Waals surface area contributed by atoms with Crippen molar-refractivity contribution in [3.8, 4) is 11.6 Å². The summed E-state index contributed by atoms with van der Waals surface area (Å²) in [7, 11) is 3.86. The van der Waals surface area contributed by atoms with Gasteiger partial charge >= 0.3 is 0 Å². The molecule has 3 rings (SSSR count). The Kier molecular flexibility index (Phi) is 7.81. The Morgan fingerprint density at radius 3 is 2.66 bits per heavy atom. The number of ether oxygens (including phenoxy) is 2. The van der Waals surface area contributed by atoms with Crippen LogP contribution in [0.15, 0.2) is 47.6 Å². The van der Waals surface area contributed by atoms with Crippen LogP contribution in [-0.4, -0.2) is 49.7 Å². The molecule has 0 saturated carbocycles. The van der Waals surface area contributed by atoms with Crippen molar-refractivity contribution in [2.45, 2.75) is 25.8 Å². The monoisotopic (exact) mass is 400 g/mol. The van der Waals surface area contributed by atoms with Crippen molar-refractivity contribution >= 4 is 5.96 Å². The van der Waals surface area contributed by atoms with E-state index in [2.05, 4.69) is 27.2 Å². The second-order valence-corrected chi connectivity index (χ2v) is 7.23. The van der Waals surface area contributed by atoms with Gasteiger partial charge in [0, 0.05) is 52.7 Å². The molecular formula is C22H29FN4O2. The normalized spacial score (nSPS) is 15.2. The van der Waals surface area contributed by atoms with Crippen molar-refractivity contribution in [1.82, 2.24) is 15.2 Å². The zero-order valence-corrected chi connectivity index (χ0v) is 17.1. The Morgan fingerprint density at radius 1 is 1.24 bits per heavy atom. The van der Waals surface area contributed by atoms with Crippen LogP contribution >= 0.6 is 0 Å². The predicted molar refractivity (Wildman–Crippen MR) is 112 cm³/mol. The summed E-state index contributed by atoms with van der Waals surface area (Å²) in [5.74, 6) is 2.33. The molecule has 7 heteroatoms. The van der Waals surface area contributed by atoms with E-state index in [4.69, 9.17) is 9.47 Å². The number of aliphatic imine (C=N–C) groups is 1. The van der Waals surface area contributed by atoms with E-state index < -0.39 is 0 Å². The number of guanidine groups is 1. The average Bonchev–Trinajstić information content (AvgIpc) is 2.76. The molecule has 156 valence electrons. The lowest BCUT2D eigenvalue weighted by Crippen LogP contribution is -2.39. The summed E-state index contributed by atoms with van der Waals surface area (Å²) in [4.78, 5) is 10.9. The molecule has 6 nitrogen and oxygen atoms in total. The zero-order chi connectivity index (χ0) is 20.5. The van der Waals surface area contributed by atoms with Crippen LogP contribution in [-0.2, 0) is 11.3 Å². The van der Waals surface area contributed by atoms with E-state index >= 15 is 0 Å². The topological polar surface area (TPSA) is 59.0 Å². The van der Waals surface area contributed by atoms with E-state index in [9.17, 15) is 4.39 Å². The SMILES string of the molecule is CN=C(NCc1ccc(Oc2ccc(F)cc2)nc1)N(C)CCC1CCOCC1. The Hall–Kier alpha value is -2.67. The van der Waals surface area contributed by atoms with Gasteiger partial charge in [-0.15, -0.1) is 0 Å². The van der Waals surface area contributed by atoms with E-state index in [1.807, 2.05) is 6.07 Å². The fourth-order valence-electron chi connectivity index (χ4n) is 3.28. The molecule has 0 aliphatic carbocycles. The lowest BCUT2D eigenvalue weighted by molar-refractivity contribution is 0.0625. The summed E-state index contributed by atoms with van der Waals surface area (Å²) in [5, 5.41) is 3.38. The first-order valence-corrected chi connectivity index (χ1v) is 10.0. The van der Waals surface area contributed by atoms with E-state index in [1.165, 1.54) is 12.1 Å². The molecule has 0 radical (unpaired) electrons. The summed E-state index contributed by atoms with van der Waals surface area (Å²) in [5.41, 5.74) is 1.02.